The highest BCUT2D eigenvalue weighted by Crippen LogP contribution is 2.51. The van der Waals surface area contributed by atoms with Crippen LogP contribution < -0.4 is 0 Å². The largest absolute Gasteiger partial charge is 0.386 e. The molecule has 2 fully saturated rings. The second-order valence-electron chi connectivity index (χ2n) is 7.29. The van der Waals surface area contributed by atoms with E-state index in [1.54, 1.807) is 0 Å². The molecule has 0 amide bonds. The summed E-state index contributed by atoms with van der Waals surface area (Å²) in [4.78, 5) is 1.30. The van der Waals surface area contributed by atoms with E-state index in [0.717, 1.165) is 24.8 Å². The van der Waals surface area contributed by atoms with Gasteiger partial charge in [0.05, 0.1) is 11.7 Å². The molecule has 0 radical (unpaired) electrons. The first-order valence-corrected chi connectivity index (χ1v) is 10.3. The van der Waals surface area contributed by atoms with Crippen molar-refractivity contribution in [2.45, 2.75) is 66.5 Å². The van der Waals surface area contributed by atoms with Crippen LogP contribution in [0.15, 0.2) is 65.6 Å². The fourth-order valence-electron chi connectivity index (χ4n) is 4.32. The number of hydrogen-bond acceptors (Lipinski definition) is 3. The fourth-order valence-corrected chi connectivity index (χ4v) is 5.75. The second-order valence-corrected chi connectivity index (χ2v) is 8.57. The number of rotatable bonds is 4. The SMILES string of the molecule is O[C@H](c1ccccc1)[C@H]1C[C@@H](Sc2ccccc2)C2(CCCCC2)O1. The van der Waals surface area contributed by atoms with E-state index >= 15 is 0 Å². The molecule has 1 N–H and O–H groups in total. The average molecular weight is 355 g/mol. The minimum absolute atomic E-state index is 0.0703. The summed E-state index contributed by atoms with van der Waals surface area (Å²) in [6.45, 7) is 0. The first kappa shape index (κ1) is 17.1. The lowest BCUT2D eigenvalue weighted by molar-refractivity contribution is -0.102. The van der Waals surface area contributed by atoms with Crippen molar-refractivity contribution in [3.8, 4) is 0 Å². The zero-order valence-electron chi connectivity index (χ0n) is 14.5. The predicted octanol–water partition coefficient (Wildman–Crippen LogP) is 5.37. The van der Waals surface area contributed by atoms with E-state index in [-0.39, 0.29) is 11.7 Å². The van der Waals surface area contributed by atoms with Crippen LogP contribution in [0.3, 0.4) is 0 Å². The van der Waals surface area contributed by atoms with Gasteiger partial charge in [-0.05, 0) is 37.0 Å². The van der Waals surface area contributed by atoms with Crippen LogP contribution in [0.1, 0.15) is 50.2 Å². The Bertz CT molecular complexity index is 667. The molecule has 25 heavy (non-hydrogen) atoms. The molecule has 2 aromatic rings. The number of aliphatic hydroxyl groups is 1. The summed E-state index contributed by atoms with van der Waals surface area (Å²) < 4.78 is 6.62. The van der Waals surface area contributed by atoms with Crippen molar-refractivity contribution in [1.29, 1.82) is 0 Å². The number of hydrogen-bond donors (Lipinski definition) is 1. The van der Waals surface area contributed by atoms with E-state index in [1.165, 1.54) is 24.2 Å². The third kappa shape index (κ3) is 3.64. The Kier molecular flexibility index (Phi) is 5.16. The van der Waals surface area contributed by atoms with Crippen LogP contribution >= 0.6 is 11.8 Å². The average Bonchev–Trinajstić information content (AvgIpc) is 3.01. The van der Waals surface area contributed by atoms with Crippen LogP contribution in [-0.4, -0.2) is 22.1 Å². The molecule has 4 rings (SSSR count). The maximum absolute atomic E-state index is 10.9. The molecule has 3 heteroatoms. The van der Waals surface area contributed by atoms with Crippen molar-refractivity contribution in [1.82, 2.24) is 0 Å². The van der Waals surface area contributed by atoms with Gasteiger partial charge in [-0.15, -0.1) is 11.8 Å². The number of aliphatic hydroxyl groups excluding tert-OH is 1. The molecule has 2 nitrogen and oxygen atoms in total. The third-order valence-corrected chi connectivity index (χ3v) is 7.08. The lowest BCUT2D eigenvalue weighted by atomic mass is 9.82. The maximum Gasteiger partial charge on any atom is 0.105 e. The van der Waals surface area contributed by atoms with Crippen LogP contribution in [0.4, 0.5) is 0 Å². The van der Waals surface area contributed by atoms with Crippen LogP contribution in [0.2, 0.25) is 0 Å². The summed E-state index contributed by atoms with van der Waals surface area (Å²) in [6, 6.07) is 20.6. The van der Waals surface area contributed by atoms with Gasteiger partial charge in [-0.3, -0.25) is 0 Å². The lowest BCUT2D eigenvalue weighted by Gasteiger charge is -2.38. The monoisotopic (exact) mass is 354 g/mol. The van der Waals surface area contributed by atoms with Crippen molar-refractivity contribution in [3.63, 3.8) is 0 Å². The molecule has 0 bridgehead atoms. The molecule has 2 aliphatic rings. The molecule has 1 heterocycles. The summed E-state index contributed by atoms with van der Waals surface area (Å²) in [5.74, 6) is 0. The van der Waals surface area contributed by atoms with Gasteiger partial charge in [-0.2, -0.15) is 0 Å². The topological polar surface area (TPSA) is 29.5 Å². The molecule has 1 spiro atoms. The zero-order chi connectivity index (χ0) is 17.1. The fraction of sp³-hybridized carbons (Fsp3) is 0.455. The summed E-state index contributed by atoms with van der Waals surface area (Å²) in [7, 11) is 0. The summed E-state index contributed by atoms with van der Waals surface area (Å²) >= 11 is 1.94. The Balaban J connectivity index is 1.56. The smallest absolute Gasteiger partial charge is 0.105 e. The molecular weight excluding hydrogens is 328 g/mol. The highest BCUT2D eigenvalue weighted by molar-refractivity contribution is 8.00. The molecule has 1 aliphatic carbocycles. The summed E-state index contributed by atoms with van der Waals surface area (Å²) in [5.41, 5.74) is 0.892. The molecule has 0 unspecified atom stereocenters. The van der Waals surface area contributed by atoms with Crippen molar-refractivity contribution in [2.24, 2.45) is 0 Å². The van der Waals surface area contributed by atoms with E-state index in [2.05, 4.69) is 30.3 Å². The Morgan fingerprint density at radius 1 is 0.920 bits per heavy atom. The van der Waals surface area contributed by atoms with Crippen molar-refractivity contribution in [3.05, 3.63) is 66.2 Å². The van der Waals surface area contributed by atoms with E-state index < -0.39 is 6.10 Å². The molecular formula is C22H26O2S. The summed E-state index contributed by atoms with van der Waals surface area (Å²) in [6.07, 6.45) is 6.28. The lowest BCUT2D eigenvalue weighted by Crippen LogP contribution is -2.40. The van der Waals surface area contributed by atoms with Gasteiger partial charge in [0.1, 0.15) is 6.10 Å². The Morgan fingerprint density at radius 3 is 2.24 bits per heavy atom. The minimum atomic E-state index is -0.540. The normalized spacial score (nSPS) is 26.6. The highest BCUT2D eigenvalue weighted by Gasteiger charge is 2.51. The van der Waals surface area contributed by atoms with Gasteiger partial charge in [-0.1, -0.05) is 67.8 Å². The molecule has 2 aromatic carbocycles. The highest BCUT2D eigenvalue weighted by atomic mass is 32.2. The maximum atomic E-state index is 10.9. The predicted molar refractivity (Wildman–Crippen MR) is 103 cm³/mol. The molecule has 3 atom stereocenters. The third-order valence-electron chi connectivity index (χ3n) is 5.63. The van der Waals surface area contributed by atoms with Gasteiger partial charge in [0.25, 0.3) is 0 Å². The van der Waals surface area contributed by atoms with E-state index in [9.17, 15) is 5.11 Å². The summed E-state index contributed by atoms with van der Waals surface area (Å²) in [5, 5.41) is 11.3. The zero-order valence-corrected chi connectivity index (χ0v) is 15.3. The molecule has 132 valence electrons. The van der Waals surface area contributed by atoms with E-state index in [1.807, 2.05) is 42.1 Å². The van der Waals surface area contributed by atoms with Gasteiger partial charge in [0.2, 0.25) is 0 Å². The van der Waals surface area contributed by atoms with E-state index in [0.29, 0.717) is 5.25 Å². The van der Waals surface area contributed by atoms with Crippen molar-refractivity contribution < 1.29 is 9.84 Å². The first-order chi connectivity index (χ1) is 12.3. The Labute approximate surface area is 154 Å². The first-order valence-electron chi connectivity index (χ1n) is 9.39. The molecule has 0 aromatic heterocycles. The van der Waals surface area contributed by atoms with Gasteiger partial charge in [0.15, 0.2) is 0 Å². The van der Waals surface area contributed by atoms with Crippen LogP contribution in [0.5, 0.6) is 0 Å². The number of benzene rings is 2. The van der Waals surface area contributed by atoms with Gasteiger partial charge < -0.3 is 9.84 Å². The van der Waals surface area contributed by atoms with Gasteiger partial charge in [-0.25, -0.2) is 0 Å². The molecule has 1 saturated heterocycles. The number of thioether (sulfide) groups is 1. The molecule has 1 aliphatic heterocycles. The quantitative estimate of drug-likeness (QED) is 0.800. The van der Waals surface area contributed by atoms with Crippen LogP contribution in [0, 0.1) is 0 Å². The minimum Gasteiger partial charge on any atom is -0.386 e. The van der Waals surface area contributed by atoms with Gasteiger partial charge in [0, 0.05) is 10.1 Å². The Morgan fingerprint density at radius 2 is 1.56 bits per heavy atom. The van der Waals surface area contributed by atoms with Crippen LogP contribution in [0.25, 0.3) is 0 Å². The van der Waals surface area contributed by atoms with Crippen molar-refractivity contribution >= 4 is 11.8 Å². The Hall–Kier alpha value is -1.29. The number of ether oxygens (including phenoxy) is 1. The van der Waals surface area contributed by atoms with Crippen LogP contribution in [-0.2, 0) is 4.74 Å². The molecule has 1 saturated carbocycles. The second kappa shape index (κ2) is 7.53. The van der Waals surface area contributed by atoms with Crippen molar-refractivity contribution in [2.75, 3.05) is 0 Å². The van der Waals surface area contributed by atoms with Gasteiger partial charge >= 0.3 is 0 Å². The van der Waals surface area contributed by atoms with E-state index in [4.69, 9.17) is 4.74 Å². The standard InChI is InChI=1S/C22H26O2S/c23-21(17-10-4-1-5-11-17)19-16-20(25-18-12-6-2-7-13-18)22(24-19)14-8-3-9-15-22/h1-2,4-7,10-13,19-21,23H,3,8-9,14-16H2/t19-,20-,21-/m1/s1.